The number of aromatic amines is 1. The van der Waals surface area contributed by atoms with E-state index in [1.807, 2.05) is 18.9 Å². The Labute approximate surface area is 227 Å². The predicted octanol–water partition coefficient (Wildman–Crippen LogP) is 6.31. The summed E-state index contributed by atoms with van der Waals surface area (Å²) in [5.41, 5.74) is 8.96. The van der Waals surface area contributed by atoms with Crippen LogP contribution in [0.4, 0.5) is 0 Å². The van der Waals surface area contributed by atoms with Gasteiger partial charge in [0, 0.05) is 42.3 Å². The Kier molecular flexibility index (Phi) is 7.98. The van der Waals surface area contributed by atoms with E-state index in [0.717, 1.165) is 57.5 Å². The fourth-order valence-electron chi connectivity index (χ4n) is 6.17. The molecule has 202 valence electrons. The van der Waals surface area contributed by atoms with Crippen molar-refractivity contribution in [3.63, 3.8) is 0 Å². The first-order valence-corrected chi connectivity index (χ1v) is 14.4. The van der Waals surface area contributed by atoms with Crippen molar-refractivity contribution in [3.05, 3.63) is 52.7 Å². The van der Waals surface area contributed by atoms with Crippen LogP contribution >= 0.6 is 0 Å². The molecule has 3 aliphatic rings. The molecule has 1 unspecified atom stereocenters. The van der Waals surface area contributed by atoms with Crippen molar-refractivity contribution in [2.75, 3.05) is 33.2 Å². The van der Waals surface area contributed by atoms with Gasteiger partial charge in [-0.1, -0.05) is 26.0 Å². The van der Waals surface area contributed by atoms with Gasteiger partial charge in [-0.15, -0.1) is 0 Å². The van der Waals surface area contributed by atoms with Gasteiger partial charge in [0.15, 0.2) is 0 Å². The van der Waals surface area contributed by atoms with Crippen LogP contribution < -0.4 is 0 Å². The summed E-state index contributed by atoms with van der Waals surface area (Å²) in [6, 6.07) is 7.38. The van der Waals surface area contributed by atoms with Gasteiger partial charge in [0.2, 0.25) is 5.91 Å². The number of fused-ring (bicyclic) bond motifs is 3. The molecule has 0 spiro atoms. The molecule has 5 rings (SSSR count). The van der Waals surface area contributed by atoms with Crippen molar-refractivity contribution in [3.8, 4) is 0 Å². The highest BCUT2D eigenvalue weighted by atomic mass is 16.2. The van der Waals surface area contributed by atoms with Crippen molar-refractivity contribution in [1.29, 1.82) is 0 Å². The molecule has 6 nitrogen and oxygen atoms in total. The van der Waals surface area contributed by atoms with Crippen LogP contribution in [-0.2, 0) is 4.79 Å². The molecule has 1 aromatic heterocycles. The molecule has 1 amide bonds. The van der Waals surface area contributed by atoms with Crippen LogP contribution in [0.5, 0.6) is 0 Å². The van der Waals surface area contributed by atoms with E-state index in [0.29, 0.717) is 24.4 Å². The summed E-state index contributed by atoms with van der Waals surface area (Å²) in [4.78, 5) is 29.5. The highest BCUT2D eigenvalue weighted by molar-refractivity contribution is 6.06. The van der Waals surface area contributed by atoms with Gasteiger partial charge in [0.25, 0.3) is 0 Å². The number of allylic oxidation sites excluding steroid dienone is 4. The summed E-state index contributed by atoms with van der Waals surface area (Å²) in [6.45, 7) is 12.1. The van der Waals surface area contributed by atoms with Gasteiger partial charge in [-0.3, -0.25) is 14.7 Å². The van der Waals surface area contributed by atoms with Crippen molar-refractivity contribution in [1.82, 2.24) is 14.8 Å². The first kappa shape index (κ1) is 26.6. The molecule has 1 atom stereocenters. The second-order valence-corrected chi connectivity index (χ2v) is 11.6. The van der Waals surface area contributed by atoms with E-state index >= 15 is 0 Å². The lowest BCUT2D eigenvalue weighted by atomic mass is 9.87. The highest BCUT2D eigenvalue weighted by Gasteiger charge is 2.25. The molecule has 2 aromatic rings. The summed E-state index contributed by atoms with van der Waals surface area (Å²) in [5.74, 6) is 1.16. The van der Waals surface area contributed by atoms with E-state index in [2.05, 4.69) is 71.0 Å². The lowest BCUT2D eigenvalue weighted by Gasteiger charge is -2.32. The number of piperidine rings is 1. The first-order chi connectivity index (χ1) is 18.3. The molecule has 1 aromatic carbocycles. The molecular weight excluding hydrogens is 470 g/mol. The molecule has 6 heteroatoms. The number of amides is 1. The lowest BCUT2D eigenvalue weighted by molar-refractivity contribution is -0.131. The molecule has 1 N–H and O–H groups in total. The predicted molar refractivity (Wildman–Crippen MR) is 159 cm³/mol. The number of carbonyl (C=O) groups excluding carboxylic acids is 1. The Morgan fingerprint density at radius 1 is 1.21 bits per heavy atom. The van der Waals surface area contributed by atoms with Gasteiger partial charge in [0.1, 0.15) is 6.34 Å². The number of likely N-dealkylation sites (N-methyl/N-ethyl adjacent to an activating group) is 1. The average molecular weight is 514 g/mol. The minimum atomic E-state index is 0.223. The number of hydrogen-bond donors (Lipinski definition) is 1. The second-order valence-electron chi connectivity index (χ2n) is 11.6. The number of nitrogens with zero attached hydrogens (tertiary/aromatic N) is 4. The largest absolute Gasteiger partial charge is 0.354 e. The molecule has 1 aliphatic carbocycles. The zero-order valence-electron chi connectivity index (χ0n) is 23.8. The van der Waals surface area contributed by atoms with E-state index in [-0.39, 0.29) is 5.91 Å². The van der Waals surface area contributed by atoms with Crippen LogP contribution in [0, 0.1) is 0 Å². The zero-order valence-corrected chi connectivity index (χ0v) is 23.8. The fourth-order valence-corrected chi connectivity index (χ4v) is 6.17. The maximum absolute atomic E-state index is 12.4. The van der Waals surface area contributed by atoms with Crippen LogP contribution in [0.2, 0.25) is 0 Å². The summed E-state index contributed by atoms with van der Waals surface area (Å²) in [5, 5.41) is 1.35. The Morgan fingerprint density at radius 3 is 2.74 bits per heavy atom. The number of rotatable bonds is 6. The molecule has 2 aliphatic heterocycles. The van der Waals surface area contributed by atoms with E-state index < -0.39 is 0 Å². The Bertz CT molecular complexity index is 1300. The van der Waals surface area contributed by atoms with Crippen LogP contribution in [-0.4, -0.2) is 72.0 Å². The number of benzene rings is 1. The number of aliphatic imine (C=N–C) groups is 2. The van der Waals surface area contributed by atoms with Crippen molar-refractivity contribution in [2.24, 2.45) is 9.98 Å². The minimum absolute atomic E-state index is 0.223. The Hall–Kier alpha value is -2.99. The molecule has 1 fully saturated rings. The standard InChI is InChI=1S/C32H43N5O/c1-6-36(5)30(38)19-37-14-12-23(13-15-37)24-10-11-28-27(17-24)31(21(2)3)32(35-28)25-8-7-9-26-18-29(22(4)16-25)34-20-33-26/h8,10-11,16-17,20-21,23,26,35H,6-7,9,12-15,18-19H2,1-5H3/b22-16-,25-8+. The third-order valence-electron chi connectivity index (χ3n) is 8.66. The highest BCUT2D eigenvalue weighted by Crippen LogP contribution is 2.38. The molecule has 38 heavy (non-hydrogen) atoms. The van der Waals surface area contributed by atoms with E-state index in [4.69, 9.17) is 0 Å². The third kappa shape index (κ3) is 5.56. The maximum atomic E-state index is 12.4. The monoisotopic (exact) mass is 513 g/mol. The number of H-pyrrole nitrogens is 1. The maximum Gasteiger partial charge on any atom is 0.236 e. The molecule has 1 saturated heterocycles. The number of likely N-dealkylation sites (tertiary alicyclic amines) is 1. The average Bonchev–Trinajstić information content (AvgIpc) is 3.32. The van der Waals surface area contributed by atoms with E-state index in [1.54, 1.807) is 6.34 Å². The quantitative estimate of drug-likeness (QED) is 0.492. The van der Waals surface area contributed by atoms with Gasteiger partial charge >= 0.3 is 0 Å². The van der Waals surface area contributed by atoms with Crippen LogP contribution in [0.15, 0.2) is 45.9 Å². The van der Waals surface area contributed by atoms with Crippen LogP contribution in [0.1, 0.15) is 88.5 Å². The molecule has 0 radical (unpaired) electrons. The third-order valence-corrected chi connectivity index (χ3v) is 8.66. The summed E-state index contributed by atoms with van der Waals surface area (Å²) >= 11 is 0. The number of aromatic nitrogens is 1. The Balaban J connectivity index is 1.41. The smallest absolute Gasteiger partial charge is 0.236 e. The normalized spacial score (nSPS) is 23.7. The van der Waals surface area contributed by atoms with E-state index in [9.17, 15) is 4.79 Å². The molecular formula is C32H43N5O. The minimum Gasteiger partial charge on any atom is -0.354 e. The molecule has 3 heterocycles. The zero-order chi connectivity index (χ0) is 26.8. The summed E-state index contributed by atoms with van der Waals surface area (Å²) in [7, 11) is 1.89. The van der Waals surface area contributed by atoms with E-state index in [1.165, 1.54) is 38.9 Å². The van der Waals surface area contributed by atoms with Gasteiger partial charge in [0.05, 0.1) is 12.6 Å². The lowest BCUT2D eigenvalue weighted by Crippen LogP contribution is -2.41. The summed E-state index contributed by atoms with van der Waals surface area (Å²) < 4.78 is 0. The van der Waals surface area contributed by atoms with Gasteiger partial charge in [-0.05, 0) is 105 Å². The van der Waals surface area contributed by atoms with Gasteiger partial charge in [-0.2, -0.15) is 0 Å². The van der Waals surface area contributed by atoms with Crippen molar-refractivity contribution < 1.29 is 4.79 Å². The molecule has 0 saturated carbocycles. The van der Waals surface area contributed by atoms with Crippen molar-refractivity contribution in [2.45, 2.75) is 77.7 Å². The first-order valence-electron chi connectivity index (χ1n) is 14.4. The summed E-state index contributed by atoms with van der Waals surface area (Å²) in [6.07, 6.45) is 11.7. The SMILES string of the molecule is CCN(C)C(=O)CN1CCC(c2ccc3[nH]c(C4=C/CCC5CC(=NC=N5)/C(C)=C\4)c(C(C)C)c3c2)CC1. The van der Waals surface area contributed by atoms with Gasteiger partial charge in [-0.25, -0.2) is 4.99 Å². The van der Waals surface area contributed by atoms with Crippen LogP contribution in [0.25, 0.3) is 16.5 Å². The van der Waals surface area contributed by atoms with Crippen LogP contribution in [0.3, 0.4) is 0 Å². The topological polar surface area (TPSA) is 64.1 Å². The molecule has 2 bridgehead atoms. The fraction of sp³-hybridized carbons (Fsp3) is 0.531. The van der Waals surface area contributed by atoms with Gasteiger partial charge < -0.3 is 9.88 Å². The number of hydrogen-bond acceptors (Lipinski definition) is 4. The Morgan fingerprint density at radius 2 is 2.00 bits per heavy atom. The second kappa shape index (κ2) is 11.4. The number of nitrogens with one attached hydrogen (secondary N) is 1. The number of carbonyl (C=O) groups is 1. The van der Waals surface area contributed by atoms with Crippen molar-refractivity contribution >= 4 is 34.4 Å².